The standard InChI is InChI=1S/C23H37N/c1-17(2)15-24-16-20-14-22(24)13-19(20)10-6-8-18-9-7-11-21(12-18)23(3,4)5/h7,9,11-12,17,19-20,22H,6,8,10,13-16H2,1-5H3/t19?,20?,22-/m1/s1. The zero-order chi connectivity index (χ0) is 17.3. The van der Waals surface area contributed by atoms with Gasteiger partial charge in [-0.2, -0.15) is 0 Å². The monoisotopic (exact) mass is 327 g/mol. The molecular weight excluding hydrogens is 290 g/mol. The van der Waals surface area contributed by atoms with Gasteiger partial charge in [-0.3, -0.25) is 4.90 Å². The molecule has 3 atom stereocenters. The van der Waals surface area contributed by atoms with Crippen LogP contribution in [0.4, 0.5) is 0 Å². The number of hydrogen-bond acceptors (Lipinski definition) is 1. The van der Waals surface area contributed by atoms with Crippen LogP contribution in [0, 0.1) is 17.8 Å². The summed E-state index contributed by atoms with van der Waals surface area (Å²) in [7, 11) is 0. The van der Waals surface area contributed by atoms with E-state index in [0.717, 1.165) is 23.8 Å². The maximum Gasteiger partial charge on any atom is 0.0101 e. The molecule has 0 N–H and O–H groups in total. The Morgan fingerprint density at radius 2 is 1.96 bits per heavy atom. The second-order valence-corrected chi connectivity index (χ2v) is 9.84. The Bertz CT molecular complexity index is 539. The van der Waals surface area contributed by atoms with Crippen molar-refractivity contribution in [3.63, 3.8) is 0 Å². The minimum absolute atomic E-state index is 0.264. The summed E-state index contributed by atoms with van der Waals surface area (Å²) >= 11 is 0. The van der Waals surface area contributed by atoms with Crippen LogP contribution in [-0.4, -0.2) is 24.0 Å². The molecule has 1 heterocycles. The molecule has 0 spiro atoms. The Balaban J connectivity index is 1.46. The summed E-state index contributed by atoms with van der Waals surface area (Å²) < 4.78 is 0. The predicted molar refractivity (Wildman–Crippen MR) is 104 cm³/mol. The van der Waals surface area contributed by atoms with Crippen LogP contribution in [-0.2, 0) is 11.8 Å². The number of piperidine rings is 1. The lowest BCUT2D eigenvalue weighted by Crippen LogP contribution is -2.37. The fourth-order valence-corrected chi connectivity index (χ4v) is 4.96. The Hall–Kier alpha value is -0.820. The summed E-state index contributed by atoms with van der Waals surface area (Å²) in [5, 5.41) is 0. The first-order valence-electron chi connectivity index (χ1n) is 10.2. The summed E-state index contributed by atoms with van der Waals surface area (Å²) in [5.41, 5.74) is 3.27. The van der Waals surface area contributed by atoms with Crippen LogP contribution in [0.3, 0.4) is 0 Å². The van der Waals surface area contributed by atoms with Crippen molar-refractivity contribution in [1.29, 1.82) is 0 Å². The highest BCUT2D eigenvalue weighted by molar-refractivity contribution is 5.28. The third-order valence-electron chi connectivity index (χ3n) is 6.23. The Kier molecular flexibility index (Phi) is 5.39. The highest BCUT2D eigenvalue weighted by atomic mass is 15.2. The summed E-state index contributed by atoms with van der Waals surface area (Å²) in [6.07, 6.45) is 7.02. The lowest BCUT2D eigenvalue weighted by molar-refractivity contribution is 0.153. The van der Waals surface area contributed by atoms with Crippen LogP contribution in [0.15, 0.2) is 24.3 Å². The molecule has 1 aromatic rings. The molecule has 1 aromatic carbocycles. The van der Waals surface area contributed by atoms with E-state index in [2.05, 4.69) is 63.8 Å². The molecule has 3 rings (SSSR count). The van der Waals surface area contributed by atoms with Crippen molar-refractivity contribution in [3.05, 3.63) is 35.4 Å². The largest absolute Gasteiger partial charge is 0.300 e. The predicted octanol–water partition coefficient (Wildman–Crippen LogP) is 5.67. The average Bonchev–Trinajstić information content (AvgIpc) is 3.06. The molecule has 2 aliphatic rings. The van der Waals surface area contributed by atoms with Gasteiger partial charge in [-0.15, -0.1) is 0 Å². The molecule has 0 radical (unpaired) electrons. The van der Waals surface area contributed by atoms with Gasteiger partial charge in [0.15, 0.2) is 0 Å². The summed E-state index contributed by atoms with van der Waals surface area (Å²) in [6, 6.07) is 10.2. The number of hydrogen-bond donors (Lipinski definition) is 0. The third-order valence-corrected chi connectivity index (χ3v) is 6.23. The van der Waals surface area contributed by atoms with Crippen molar-refractivity contribution < 1.29 is 0 Å². The summed E-state index contributed by atoms with van der Waals surface area (Å²) in [6.45, 7) is 14.3. The zero-order valence-electron chi connectivity index (χ0n) is 16.5. The molecule has 1 saturated heterocycles. The molecule has 2 unspecified atom stereocenters. The first-order chi connectivity index (χ1) is 11.3. The number of nitrogens with zero attached hydrogens (tertiary/aromatic N) is 1. The molecule has 1 saturated carbocycles. The van der Waals surface area contributed by atoms with Crippen LogP contribution in [0.1, 0.15) is 71.4 Å². The minimum atomic E-state index is 0.264. The topological polar surface area (TPSA) is 3.24 Å². The van der Waals surface area contributed by atoms with Gasteiger partial charge in [0.05, 0.1) is 0 Å². The van der Waals surface area contributed by atoms with Gasteiger partial charge in [-0.05, 0) is 66.4 Å². The fraction of sp³-hybridized carbons (Fsp3) is 0.739. The molecule has 2 bridgehead atoms. The smallest absolute Gasteiger partial charge is 0.0101 e. The first-order valence-corrected chi connectivity index (χ1v) is 10.2. The molecule has 134 valence electrons. The maximum absolute atomic E-state index is 2.78. The fourth-order valence-electron chi connectivity index (χ4n) is 4.96. The van der Waals surface area contributed by atoms with E-state index >= 15 is 0 Å². The second kappa shape index (κ2) is 7.20. The Morgan fingerprint density at radius 3 is 2.58 bits per heavy atom. The van der Waals surface area contributed by atoms with Gasteiger partial charge in [0.2, 0.25) is 0 Å². The van der Waals surface area contributed by atoms with Crippen molar-refractivity contribution in [3.8, 4) is 0 Å². The van der Waals surface area contributed by atoms with E-state index < -0.39 is 0 Å². The molecule has 0 aromatic heterocycles. The number of likely N-dealkylation sites (tertiary alicyclic amines) is 1. The van der Waals surface area contributed by atoms with Crippen molar-refractivity contribution in [2.45, 2.75) is 78.2 Å². The van der Waals surface area contributed by atoms with Crippen LogP contribution in [0.2, 0.25) is 0 Å². The number of rotatable bonds is 6. The van der Waals surface area contributed by atoms with Crippen molar-refractivity contribution in [2.24, 2.45) is 17.8 Å². The third kappa shape index (κ3) is 4.23. The molecule has 1 heteroatoms. The van der Waals surface area contributed by atoms with E-state index in [-0.39, 0.29) is 5.41 Å². The van der Waals surface area contributed by atoms with Crippen LogP contribution in [0.25, 0.3) is 0 Å². The second-order valence-electron chi connectivity index (χ2n) is 9.84. The van der Waals surface area contributed by atoms with E-state index in [4.69, 9.17) is 0 Å². The number of fused-ring (bicyclic) bond motifs is 2. The molecule has 1 nitrogen and oxygen atoms in total. The van der Waals surface area contributed by atoms with Gasteiger partial charge in [0, 0.05) is 19.1 Å². The van der Waals surface area contributed by atoms with Gasteiger partial charge < -0.3 is 0 Å². The van der Waals surface area contributed by atoms with Gasteiger partial charge >= 0.3 is 0 Å². The molecule has 0 amide bonds. The van der Waals surface area contributed by atoms with Crippen LogP contribution < -0.4 is 0 Å². The first kappa shape index (κ1) is 18.0. The van der Waals surface area contributed by atoms with Gasteiger partial charge in [0.25, 0.3) is 0 Å². The summed E-state index contributed by atoms with van der Waals surface area (Å²) in [5.74, 6) is 2.82. The Morgan fingerprint density at radius 1 is 1.17 bits per heavy atom. The van der Waals surface area contributed by atoms with Crippen LogP contribution >= 0.6 is 0 Å². The van der Waals surface area contributed by atoms with Crippen LogP contribution in [0.5, 0.6) is 0 Å². The van der Waals surface area contributed by atoms with Gasteiger partial charge in [0.1, 0.15) is 0 Å². The average molecular weight is 328 g/mol. The van der Waals surface area contributed by atoms with Crippen molar-refractivity contribution in [2.75, 3.05) is 13.1 Å². The maximum atomic E-state index is 2.78. The summed E-state index contributed by atoms with van der Waals surface area (Å²) in [4.78, 5) is 2.78. The quantitative estimate of drug-likeness (QED) is 0.650. The number of aryl methyl sites for hydroxylation is 1. The molecule has 24 heavy (non-hydrogen) atoms. The Labute approximate surface area is 149 Å². The lowest BCUT2D eigenvalue weighted by Gasteiger charge is -2.32. The minimum Gasteiger partial charge on any atom is -0.300 e. The van der Waals surface area contributed by atoms with Gasteiger partial charge in [-0.25, -0.2) is 0 Å². The molecular formula is C23H37N. The van der Waals surface area contributed by atoms with E-state index in [9.17, 15) is 0 Å². The normalized spacial score (nSPS) is 27.3. The highest BCUT2D eigenvalue weighted by Crippen LogP contribution is 2.44. The number of benzene rings is 1. The molecule has 1 aliphatic heterocycles. The van der Waals surface area contributed by atoms with Crippen molar-refractivity contribution >= 4 is 0 Å². The van der Waals surface area contributed by atoms with E-state index in [1.807, 2.05) is 0 Å². The lowest BCUT2D eigenvalue weighted by atomic mass is 9.85. The van der Waals surface area contributed by atoms with Gasteiger partial charge in [-0.1, -0.05) is 58.9 Å². The van der Waals surface area contributed by atoms with Crippen molar-refractivity contribution in [1.82, 2.24) is 4.90 Å². The SMILES string of the molecule is CC(C)CN1CC2C[C@H]1CC2CCCc1cccc(C(C)(C)C)c1. The zero-order valence-corrected chi connectivity index (χ0v) is 16.5. The van der Waals surface area contributed by atoms with E-state index in [1.165, 1.54) is 56.3 Å². The van der Waals surface area contributed by atoms with E-state index in [0.29, 0.717) is 0 Å². The molecule has 1 aliphatic carbocycles. The molecule has 2 fully saturated rings. The highest BCUT2D eigenvalue weighted by Gasteiger charge is 2.43. The van der Waals surface area contributed by atoms with E-state index in [1.54, 1.807) is 0 Å².